The number of hydrogen-bond acceptors (Lipinski definition) is 17. The summed E-state index contributed by atoms with van der Waals surface area (Å²) < 4.78 is 45.6. The van der Waals surface area contributed by atoms with Crippen LogP contribution in [0.3, 0.4) is 0 Å². The summed E-state index contributed by atoms with van der Waals surface area (Å²) in [7, 11) is -3.36. The second-order valence-electron chi connectivity index (χ2n) is 13.0. The number of thiazole rings is 1. The quantitative estimate of drug-likeness (QED) is 0.0180. The third kappa shape index (κ3) is 9.44. The number of fused-ring (bicyclic) bond motifs is 1. The van der Waals surface area contributed by atoms with Crippen LogP contribution in [-0.2, 0) is 52.2 Å². The molecule has 55 heavy (non-hydrogen) atoms. The number of carbonyl (C=O) groups is 4. The maximum absolute atomic E-state index is 13.5. The van der Waals surface area contributed by atoms with Crippen LogP contribution >= 0.6 is 11.3 Å². The average molecular weight is 808 g/mol. The number of nitrogens with two attached hydrogens (primary N) is 2. The third-order valence-corrected chi connectivity index (χ3v) is 9.93. The molecule has 1 saturated heterocycles. The minimum absolute atomic E-state index is 0.0419. The summed E-state index contributed by atoms with van der Waals surface area (Å²) in [6, 6.07) is 8.20. The number of β-lactam (4-membered cyclic amide) rings is 1. The van der Waals surface area contributed by atoms with E-state index in [1.54, 1.807) is 6.07 Å². The Labute approximate surface area is 318 Å². The van der Waals surface area contributed by atoms with Crippen LogP contribution in [0.15, 0.2) is 47.1 Å². The number of benzene rings is 1. The van der Waals surface area contributed by atoms with E-state index in [-0.39, 0.29) is 23.3 Å². The van der Waals surface area contributed by atoms with E-state index in [2.05, 4.69) is 30.8 Å². The first kappa shape index (κ1) is 42.3. The lowest BCUT2D eigenvalue weighted by Crippen LogP contribution is -2.76. The molecule has 0 aliphatic carbocycles. The Morgan fingerprint density at radius 3 is 2.55 bits per heavy atom. The lowest BCUT2D eigenvalue weighted by Gasteiger charge is -2.51. The van der Waals surface area contributed by atoms with Crippen molar-refractivity contribution in [2.75, 3.05) is 24.1 Å². The Kier molecular flexibility index (Phi) is 13.0. The van der Waals surface area contributed by atoms with E-state index in [1.807, 2.05) is 42.1 Å². The van der Waals surface area contributed by atoms with Crippen molar-refractivity contribution in [2.24, 2.45) is 17.9 Å². The van der Waals surface area contributed by atoms with Crippen LogP contribution in [0.2, 0.25) is 0 Å². The second kappa shape index (κ2) is 16.9. The number of amides is 2. The Morgan fingerprint density at radius 2 is 2.00 bits per heavy atom. The molecule has 1 aromatic carbocycles. The van der Waals surface area contributed by atoms with E-state index < -0.39 is 63.7 Å². The number of anilines is 2. The number of carboxylic acids is 1. The molecule has 5 rings (SSSR count). The normalized spacial score (nSPS) is 19.2. The fourth-order valence-electron chi connectivity index (χ4n) is 5.74. The predicted molar refractivity (Wildman–Crippen MR) is 190 cm³/mol. The van der Waals surface area contributed by atoms with E-state index in [9.17, 15) is 32.5 Å². The Balaban J connectivity index is 0.00000217. The summed E-state index contributed by atoms with van der Waals surface area (Å²) in [5.41, 5.74) is 14.0. The minimum atomic E-state index is -5.28. The number of hydrogen-bond donors (Lipinski definition) is 6. The third-order valence-electron chi connectivity index (χ3n) is 8.92. The van der Waals surface area contributed by atoms with Crippen LogP contribution in [0.5, 0.6) is 5.75 Å². The van der Waals surface area contributed by atoms with Gasteiger partial charge in [0, 0.05) is 30.0 Å². The number of carboxylic acid groups (broad SMARTS) is 2. The fourth-order valence-corrected chi connectivity index (χ4v) is 6.73. The fraction of sp³-hybridized carbons (Fsp3) is 0.406. The zero-order chi connectivity index (χ0) is 40.9. The first-order valence-corrected chi connectivity index (χ1v) is 18.6. The summed E-state index contributed by atoms with van der Waals surface area (Å²) in [4.78, 5) is 56.7. The number of aromatic nitrogens is 2. The van der Waals surface area contributed by atoms with Crippen molar-refractivity contribution in [3.63, 3.8) is 0 Å². The molecule has 0 bridgehead atoms. The van der Waals surface area contributed by atoms with E-state index in [1.165, 1.54) is 26.2 Å². The first-order chi connectivity index (χ1) is 25.8. The molecule has 1 unspecified atom stereocenters. The van der Waals surface area contributed by atoms with Gasteiger partial charge in [-0.3, -0.25) is 14.9 Å². The first-order valence-electron chi connectivity index (χ1n) is 16.4. The van der Waals surface area contributed by atoms with Crippen molar-refractivity contribution >= 4 is 62.7 Å². The van der Waals surface area contributed by atoms with E-state index >= 15 is 0 Å². The van der Waals surface area contributed by atoms with Crippen molar-refractivity contribution < 1.29 is 66.5 Å². The number of carbonyl (C=O) groups excluding carboxylic acids is 3. The molecule has 4 heterocycles. The van der Waals surface area contributed by atoms with Crippen LogP contribution in [0.1, 0.15) is 38.4 Å². The largest absolute Gasteiger partial charge is 0.724 e. The summed E-state index contributed by atoms with van der Waals surface area (Å²) in [5, 5.41) is 30.0. The van der Waals surface area contributed by atoms with Crippen molar-refractivity contribution in [3.05, 3.63) is 53.2 Å². The number of rotatable bonds is 14. The Morgan fingerprint density at radius 1 is 1.33 bits per heavy atom. The van der Waals surface area contributed by atoms with Gasteiger partial charge in [0.25, 0.3) is 23.2 Å². The van der Waals surface area contributed by atoms with Gasteiger partial charge in [0.1, 0.15) is 24.0 Å². The number of ether oxygens (including phenoxy) is 1. The highest BCUT2D eigenvalue weighted by atomic mass is 32.3. The maximum Gasteiger partial charge on any atom is 0.354 e. The number of nitrogens with one attached hydrogen (secondary N) is 2. The van der Waals surface area contributed by atoms with Crippen LogP contribution in [-0.4, -0.2) is 101 Å². The van der Waals surface area contributed by atoms with Gasteiger partial charge < -0.3 is 51.7 Å². The number of oxime groups is 1. The zero-order valence-corrected chi connectivity index (χ0v) is 31.7. The number of aryl methyl sites for hydroxylation is 2. The van der Waals surface area contributed by atoms with Crippen molar-refractivity contribution in [3.8, 4) is 16.9 Å². The van der Waals surface area contributed by atoms with Crippen molar-refractivity contribution in [1.82, 2.24) is 15.4 Å². The highest BCUT2D eigenvalue weighted by molar-refractivity contribution is 7.80. The van der Waals surface area contributed by atoms with Gasteiger partial charge in [-0.05, 0) is 62.9 Å². The summed E-state index contributed by atoms with van der Waals surface area (Å²) in [6.45, 7) is 4.53. The number of pyridine rings is 1. The Bertz CT molecular complexity index is 2070. The van der Waals surface area contributed by atoms with Gasteiger partial charge in [-0.25, -0.2) is 22.8 Å². The molecule has 21 nitrogen and oxygen atoms in total. The zero-order valence-electron chi connectivity index (χ0n) is 30.1. The molecule has 2 aliphatic heterocycles. The summed E-state index contributed by atoms with van der Waals surface area (Å²) in [5.74, 6) is -2.16. The second-order valence-corrected chi connectivity index (χ2v) is 14.9. The van der Waals surface area contributed by atoms with Gasteiger partial charge in [-0.2, -0.15) is 9.35 Å². The highest BCUT2D eigenvalue weighted by Crippen LogP contribution is 2.37. The number of aliphatic carboxylic acids is 1. The average Bonchev–Trinajstić information content (AvgIpc) is 3.56. The number of nitrogen functional groups attached to an aromatic ring is 1. The molecule has 0 spiro atoms. The molecule has 10 N–H and O–H groups in total. The molecule has 2 aromatic heterocycles. The van der Waals surface area contributed by atoms with Crippen LogP contribution in [0.4, 0.5) is 10.9 Å². The SMILES string of the molecule is C[n+]1cc(-c2ccc3c(c2)CC[C@H]([C@](C)(O/N=C(\C(=O)N[C@@H]2C(=O)N(OS(=O)(=O)[O-])C2(C)C)c2csc(N)n2)C(=O)O)O3)ccc1NC(CN)C[NH3+].O=C[O-]. The van der Waals surface area contributed by atoms with Gasteiger partial charge in [-0.15, -0.1) is 11.3 Å². The van der Waals surface area contributed by atoms with Crippen molar-refractivity contribution in [1.29, 1.82) is 0 Å². The smallest absolute Gasteiger partial charge is 0.354 e. The number of quaternary nitrogens is 1. The van der Waals surface area contributed by atoms with Gasteiger partial charge in [0.2, 0.25) is 10.4 Å². The van der Waals surface area contributed by atoms with Gasteiger partial charge in [0.05, 0.1) is 18.8 Å². The minimum Gasteiger partial charge on any atom is -0.724 e. The van der Waals surface area contributed by atoms with Crippen LogP contribution in [0.25, 0.3) is 11.1 Å². The lowest BCUT2D eigenvalue weighted by atomic mass is 9.84. The monoisotopic (exact) mass is 807 g/mol. The molecule has 23 heteroatoms. The molecule has 4 atom stereocenters. The highest BCUT2D eigenvalue weighted by Gasteiger charge is 2.57. The molecule has 0 radical (unpaired) electrons. The van der Waals surface area contributed by atoms with Gasteiger partial charge >= 0.3 is 5.97 Å². The topological polar surface area (TPSA) is 333 Å². The lowest BCUT2D eigenvalue weighted by molar-refractivity contribution is -0.656. The van der Waals surface area contributed by atoms with Gasteiger partial charge in [0.15, 0.2) is 23.0 Å². The molecule has 0 saturated carbocycles. The number of nitrogens with zero attached hydrogens (tertiary/aromatic N) is 4. The predicted octanol–water partition coefficient (Wildman–Crippen LogP) is -2.98. The molecule has 3 aromatic rings. The van der Waals surface area contributed by atoms with E-state index in [0.29, 0.717) is 30.3 Å². The summed E-state index contributed by atoms with van der Waals surface area (Å²) in [6.07, 6.45) is 1.57. The summed E-state index contributed by atoms with van der Waals surface area (Å²) >= 11 is 0.962. The molecule has 2 amide bonds. The van der Waals surface area contributed by atoms with Gasteiger partial charge in [-0.1, -0.05) is 11.2 Å². The molecular formula is C32H41N9O12S2. The molecule has 1 fully saturated rings. The molecular weight excluding hydrogens is 767 g/mol. The standard InChI is InChI=1S/C31H39N9O10S2.CH2O2/c1-30(2)25(27(42)40(30)50-52(45,46)47)37-26(41)24(20-15-51-29(34)36-20)38-49-31(3,28(43)44)22-9-6-17-11-16(5-8-21(17)48-22)18-7-10-23(39(4)14-18)35-19(12-32)13-33;2-1-3/h5,7-8,10-11,14-15,19,22,25H,6,9,12-13,32-33H2,1-4H3,(H5,34,36,37,41,43,44,45,46,47);1H,(H,2,3)/b38-24-;/t22-,25-,31+;/m1./s1. The number of hydroxylamine groups is 2. The van der Waals surface area contributed by atoms with E-state index in [0.717, 1.165) is 33.8 Å². The molecule has 298 valence electrons. The maximum atomic E-state index is 13.5. The van der Waals surface area contributed by atoms with Crippen molar-refractivity contribution in [2.45, 2.75) is 62.9 Å². The van der Waals surface area contributed by atoms with Crippen LogP contribution in [0, 0.1) is 0 Å². The Hall–Kier alpha value is -5.46. The molecule has 2 aliphatic rings. The van der Waals surface area contributed by atoms with E-state index in [4.69, 9.17) is 30.9 Å². The van der Waals surface area contributed by atoms with Crippen LogP contribution < -0.4 is 42.2 Å².